The van der Waals surface area contributed by atoms with Gasteiger partial charge in [0.25, 0.3) is 0 Å². The molecule has 49 heavy (non-hydrogen) atoms. The molecule has 6 rings (SSSR count). The number of methoxy groups -OCH3 is 4. The minimum atomic E-state index is -1.38. The number of aryl methyl sites for hydroxylation is 2. The molecule has 0 amide bonds. The Bertz CT molecular complexity index is 2000. The number of hydrogen-bond acceptors (Lipinski definition) is 10. The SMILES string of the molecule is COc1ccc2[n-]c([S@@](=O)Cc3ncc(C)c(OC)c3C)nc2c1.COc1ccc2[n-]c([S@@](=O)Cc3ncc(C)c(OC)c3C)nc2c1.[Zn+2]. The molecule has 0 radical (unpaired) electrons. The van der Waals surface area contributed by atoms with Gasteiger partial charge in [-0.2, -0.15) is 0 Å². The van der Waals surface area contributed by atoms with Crippen LogP contribution in [0.2, 0.25) is 0 Å². The molecular formula is C34H36N6O6S2Zn. The Morgan fingerprint density at radius 2 is 1.00 bits per heavy atom. The summed E-state index contributed by atoms with van der Waals surface area (Å²) in [5.74, 6) is 3.43. The Labute approximate surface area is 302 Å². The molecule has 2 atom stereocenters. The zero-order valence-electron chi connectivity index (χ0n) is 28.7. The monoisotopic (exact) mass is 752 g/mol. The summed E-state index contributed by atoms with van der Waals surface area (Å²) in [6.45, 7) is 7.69. The third-order valence-electron chi connectivity index (χ3n) is 7.67. The first-order chi connectivity index (χ1) is 23.1. The Morgan fingerprint density at radius 3 is 1.35 bits per heavy atom. The fourth-order valence-electron chi connectivity index (χ4n) is 5.11. The first-order valence-corrected chi connectivity index (χ1v) is 17.4. The van der Waals surface area contributed by atoms with Crippen LogP contribution < -0.4 is 28.9 Å². The van der Waals surface area contributed by atoms with Gasteiger partial charge in [-0.25, -0.2) is 0 Å². The molecule has 0 fully saturated rings. The van der Waals surface area contributed by atoms with E-state index in [0.717, 1.165) is 45.1 Å². The van der Waals surface area contributed by atoms with Gasteiger partial charge < -0.3 is 38.9 Å². The van der Waals surface area contributed by atoms with E-state index in [2.05, 4.69) is 29.9 Å². The Balaban J connectivity index is 0.000000216. The van der Waals surface area contributed by atoms with Crippen LogP contribution in [0.15, 0.2) is 59.1 Å². The van der Waals surface area contributed by atoms with Gasteiger partial charge in [0.05, 0.1) is 72.9 Å². The first-order valence-electron chi connectivity index (χ1n) is 14.8. The normalized spacial score (nSPS) is 12.1. The summed E-state index contributed by atoms with van der Waals surface area (Å²) in [4.78, 5) is 26.2. The van der Waals surface area contributed by atoms with Gasteiger partial charge in [0, 0.05) is 45.0 Å². The molecule has 0 bridgehead atoms. The number of imidazole rings is 2. The van der Waals surface area contributed by atoms with Crippen molar-refractivity contribution in [2.24, 2.45) is 0 Å². The van der Waals surface area contributed by atoms with Gasteiger partial charge in [-0.1, -0.05) is 12.1 Å². The van der Waals surface area contributed by atoms with Crippen molar-refractivity contribution in [3.8, 4) is 23.0 Å². The predicted octanol–water partition coefficient (Wildman–Crippen LogP) is 5.06. The molecule has 252 valence electrons. The topological polar surface area (TPSA) is 151 Å². The number of ether oxygens (including phenoxy) is 4. The molecular weight excluding hydrogens is 718 g/mol. The van der Waals surface area contributed by atoms with Crippen molar-refractivity contribution in [2.45, 2.75) is 49.5 Å². The summed E-state index contributed by atoms with van der Waals surface area (Å²) in [7, 11) is 3.66. The predicted molar refractivity (Wildman–Crippen MR) is 184 cm³/mol. The zero-order valence-corrected chi connectivity index (χ0v) is 33.3. The van der Waals surface area contributed by atoms with Crippen LogP contribution in [0.25, 0.3) is 22.1 Å². The van der Waals surface area contributed by atoms with Crippen LogP contribution >= 0.6 is 0 Å². The molecule has 15 heteroatoms. The fraction of sp³-hybridized carbons (Fsp3) is 0.294. The molecule has 0 aliphatic heterocycles. The van der Waals surface area contributed by atoms with Gasteiger partial charge >= 0.3 is 19.5 Å². The first kappa shape index (κ1) is 37.6. The van der Waals surface area contributed by atoms with Crippen molar-refractivity contribution < 1.29 is 46.8 Å². The van der Waals surface area contributed by atoms with E-state index in [1.807, 2.05) is 27.7 Å². The molecule has 0 aliphatic rings. The van der Waals surface area contributed by atoms with Crippen LogP contribution in [0, 0.1) is 27.7 Å². The average Bonchev–Trinajstić information content (AvgIpc) is 3.72. The second-order valence-electron chi connectivity index (χ2n) is 10.8. The standard InChI is InChI=1S/2C17H18N3O3S.Zn/c2*1-10-8-18-15(11(2)16(10)23-4)9-24(21)17-19-13-6-5-12(22-3)7-14(13)20-17;/h2*5-8H,9H2,1-4H3;/q2*-1;+2/t2*24-;/m00./s1. The van der Waals surface area contributed by atoms with E-state index in [1.54, 1.807) is 77.2 Å². The molecule has 0 spiro atoms. The number of pyridine rings is 2. The molecule has 0 aliphatic carbocycles. The number of benzene rings is 2. The van der Waals surface area contributed by atoms with E-state index in [9.17, 15) is 8.42 Å². The third kappa shape index (κ3) is 8.34. The Hall–Kier alpha value is -4.20. The molecule has 0 N–H and O–H groups in total. The van der Waals surface area contributed by atoms with E-state index in [1.165, 1.54) is 0 Å². The summed E-state index contributed by atoms with van der Waals surface area (Å²) in [5.41, 5.74) is 7.87. The summed E-state index contributed by atoms with van der Waals surface area (Å²) >= 11 is 0. The summed E-state index contributed by atoms with van der Waals surface area (Å²) in [5, 5.41) is 0.609. The van der Waals surface area contributed by atoms with Crippen LogP contribution in [0.3, 0.4) is 0 Å². The van der Waals surface area contributed by atoms with Gasteiger partial charge in [0.15, 0.2) is 0 Å². The van der Waals surface area contributed by atoms with Crippen molar-refractivity contribution in [2.75, 3.05) is 28.4 Å². The quantitative estimate of drug-likeness (QED) is 0.172. The largest absolute Gasteiger partial charge is 2.00 e. The number of fused-ring (bicyclic) bond motifs is 2. The zero-order chi connectivity index (χ0) is 34.5. The van der Waals surface area contributed by atoms with E-state index in [4.69, 9.17) is 18.9 Å². The summed E-state index contributed by atoms with van der Waals surface area (Å²) in [6, 6.07) is 10.8. The van der Waals surface area contributed by atoms with Gasteiger partial charge in [0.2, 0.25) is 0 Å². The van der Waals surface area contributed by atoms with Gasteiger partial charge in [0.1, 0.15) is 23.0 Å². The van der Waals surface area contributed by atoms with Crippen LogP contribution in [0.1, 0.15) is 33.6 Å². The van der Waals surface area contributed by atoms with Crippen molar-refractivity contribution >= 4 is 43.7 Å². The minimum absolute atomic E-state index is 0. The van der Waals surface area contributed by atoms with Crippen LogP contribution in [0.4, 0.5) is 0 Å². The van der Waals surface area contributed by atoms with E-state index in [-0.39, 0.29) is 31.0 Å². The maximum absolute atomic E-state index is 12.6. The summed E-state index contributed by atoms with van der Waals surface area (Å²) < 4.78 is 46.4. The van der Waals surface area contributed by atoms with Crippen LogP contribution in [-0.4, -0.2) is 56.8 Å². The maximum Gasteiger partial charge on any atom is 2.00 e. The van der Waals surface area contributed by atoms with Crippen molar-refractivity contribution in [3.05, 3.63) is 82.4 Å². The summed E-state index contributed by atoms with van der Waals surface area (Å²) in [6.07, 6.45) is 3.46. The second-order valence-corrected chi connectivity index (χ2v) is 13.5. The van der Waals surface area contributed by atoms with E-state index in [0.29, 0.717) is 43.9 Å². The van der Waals surface area contributed by atoms with Gasteiger partial charge in [-0.05, 0) is 74.0 Å². The van der Waals surface area contributed by atoms with E-state index < -0.39 is 21.6 Å². The molecule has 4 aromatic heterocycles. The maximum atomic E-state index is 12.6. The number of aromatic nitrogens is 6. The van der Waals surface area contributed by atoms with Gasteiger partial charge in [-0.3, -0.25) is 18.4 Å². The van der Waals surface area contributed by atoms with Crippen molar-refractivity contribution in [1.82, 2.24) is 29.9 Å². The third-order valence-corrected chi connectivity index (χ3v) is 9.92. The van der Waals surface area contributed by atoms with Crippen LogP contribution in [-0.2, 0) is 52.6 Å². The van der Waals surface area contributed by atoms with Crippen molar-refractivity contribution in [3.63, 3.8) is 0 Å². The molecule has 2 aromatic carbocycles. The van der Waals surface area contributed by atoms with Crippen molar-refractivity contribution in [1.29, 1.82) is 0 Å². The van der Waals surface area contributed by atoms with E-state index >= 15 is 0 Å². The molecule has 0 unspecified atom stereocenters. The average molecular weight is 754 g/mol. The fourth-order valence-corrected chi connectivity index (χ4v) is 7.24. The molecule has 6 aromatic rings. The van der Waals surface area contributed by atoms with Gasteiger partial charge in [-0.15, -0.1) is 0 Å². The Kier molecular flexibility index (Phi) is 12.6. The Morgan fingerprint density at radius 1 is 0.612 bits per heavy atom. The van der Waals surface area contributed by atoms with Crippen LogP contribution in [0.5, 0.6) is 23.0 Å². The number of nitrogens with zero attached hydrogens (tertiary/aromatic N) is 6. The molecule has 0 saturated heterocycles. The molecule has 12 nitrogen and oxygen atoms in total. The molecule has 0 saturated carbocycles. The number of hydrogen-bond donors (Lipinski definition) is 0. The minimum Gasteiger partial charge on any atom is -0.497 e. The molecule has 4 heterocycles. The number of rotatable bonds is 10. The smallest absolute Gasteiger partial charge is 0.497 e. The second kappa shape index (κ2) is 16.5.